The molecule has 1 heterocycles. The molecule has 2 nitrogen and oxygen atoms in total. The fourth-order valence-corrected chi connectivity index (χ4v) is 2.61. The molecule has 0 spiro atoms. The first kappa shape index (κ1) is 13.5. The van der Waals surface area contributed by atoms with Gasteiger partial charge in [-0.25, -0.2) is 0 Å². The van der Waals surface area contributed by atoms with Crippen molar-refractivity contribution in [2.24, 2.45) is 0 Å². The van der Waals surface area contributed by atoms with E-state index in [2.05, 4.69) is 81.4 Å². The average Bonchev–Trinajstić information content (AvgIpc) is 2.49. The third-order valence-corrected chi connectivity index (χ3v) is 4.02. The van der Waals surface area contributed by atoms with Crippen LogP contribution in [0.1, 0.15) is 11.1 Å². The molecule has 0 amide bonds. The highest BCUT2D eigenvalue weighted by Gasteiger charge is 2.01. The molecule has 0 bridgehead atoms. The van der Waals surface area contributed by atoms with E-state index in [0.717, 1.165) is 18.6 Å². The molecule has 0 atom stereocenters. The maximum Gasteiger partial charge on any atom is 0.0705 e. The van der Waals surface area contributed by atoms with Crippen molar-refractivity contribution in [2.45, 2.75) is 13.1 Å². The number of rotatable bonds is 4. The van der Waals surface area contributed by atoms with E-state index in [1.165, 1.54) is 20.1 Å². The Balaban J connectivity index is 1.69. The van der Waals surface area contributed by atoms with Crippen molar-refractivity contribution >= 4 is 33.5 Å². The van der Waals surface area contributed by atoms with Crippen molar-refractivity contribution in [1.82, 2.24) is 10.3 Å². The second-order valence-electron chi connectivity index (χ2n) is 4.72. The molecule has 20 heavy (non-hydrogen) atoms. The molecule has 1 N–H and O–H groups in total. The van der Waals surface area contributed by atoms with E-state index in [9.17, 15) is 0 Å². The van der Waals surface area contributed by atoms with Crippen LogP contribution in [0.15, 0.2) is 60.8 Å². The molecule has 0 radical (unpaired) electrons. The summed E-state index contributed by atoms with van der Waals surface area (Å²) in [6.45, 7) is 1.74. The first-order valence-electron chi connectivity index (χ1n) is 6.61. The summed E-state index contributed by atoms with van der Waals surface area (Å²) in [6, 6.07) is 19.0. The van der Waals surface area contributed by atoms with Gasteiger partial charge in [0, 0.05) is 28.2 Å². The quantitative estimate of drug-likeness (QED) is 0.695. The van der Waals surface area contributed by atoms with Gasteiger partial charge >= 0.3 is 0 Å². The van der Waals surface area contributed by atoms with Crippen LogP contribution in [0.25, 0.3) is 10.9 Å². The molecular weight excluding hydrogens is 359 g/mol. The van der Waals surface area contributed by atoms with Crippen LogP contribution in [-0.2, 0) is 13.1 Å². The molecule has 0 aliphatic carbocycles. The zero-order valence-corrected chi connectivity index (χ0v) is 13.2. The highest BCUT2D eigenvalue weighted by atomic mass is 127. The van der Waals surface area contributed by atoms with Crippen LogP contribution in [0.2, 0.25) is 0 Å². The topological polar surface area (TPSA) is 24.9 Å². The maximum absolute atomic E-state index is 4.39. The van der Waals surface area contributed by atoms with Gasteiger partial charge in [0.2, 0.25) is 0 Å². The minimum atomic E-state index is 0.856. The van der Waals surface area contributed by atoms with E-state index < -0.39 is 0 Å². The maximum atomic E-state index is 4.39. The molecule has 0 saturated carbocycles. The molecule has 0 aliphatic rings. The Morgan fingerprint density at radius 2 is 1.70 bits per heavy atom. The molecule has 3 aromatic rings. The number of hydrogen-bond acceptors (Lipinski definition) is 2. The molecule has 3 heteroatoms. The van der Waals surface area contributed by atoms with E-state index in [1.807, 2.05) is 12.3 Å². The van der Waals surface area contributed by atoms with Gasteiger partial charge in [0.25, 0.3) is 0 Å². The lowest BCUT2D eigenvalue weighted by atomic mass is 10.1. The van der Waals surface area contributed by atoms with Crippen LogP contribution in [-0.4, -0.2) is 4.98 Å². The molecule has 0 unspecified atom stereocenters. The normalized spacial score (nSPS) is 10.8. The Labute approximate surface area is 132 Å². The van der Waals surface area contributed by atoms with E-state index in [4.69, 9.17) is 0 Å². The summed E-state index contributed by atoms with van der Waals surface area (Å²) in [6.07, 6.45) is 1.88. The predicted octanol–water partition coefficient (Wildman–Crippen LogP) is 4.13. The summed E-state index contributed by atoms with van der Waals surface area (Å²) in [5.74, 6) is 0. The third kappa shape index (κ3) is 3.16. The van der Waals surface area contributed by atoms with Crippen LogP contribution >= 0.6 is 22.6 Å². The largest absolute Gasteiger partial charge is 0.309 e. The third-order valence-electron chi connectivity index (χ3n) is 3.30. The van der Waals surface area contributed by atoms with E-state index in [1.54, 1.807) is 0 Å². The van der Waals surface area contributed by atoms with Gasteiger partial charge in [-0.05, 0) is 58.0 Å². The summed E-state index contributed by atoms with van der Waals surface area (Å²) < 4.78 is 1.27. The van der Waals surface area contributed by atoms with Crippen molar-refractivity contribution in [3.05, 3.63) is 75.5 Å². The lowest BCUT2D eigenvalue weighted by Crippen LogP contribution is -2.13. The first-order chi connectivity index (χ1) is 9.83. The van der Waals surface area contributed by atoms with Gasteiger partial charge in [-0.2, -0.15) is 0 Å². The number of fused-ring (bicyclic) bond motifs is 1. The monoisotopic (exact) mass is 374 g/mol. The van der Waals surface area contributed by atoms with Crippen molar-refractivity contribution < 1.29 is 0 Å². The van der Waals surface area contributed by atoms with Crippen molar-refractivity contribution in [2.75, 3.05) is 0 Å². The summed E-state index contributed by atoms with van der Waals surface area (Å²) in [7, 11) is 0. The fourth-order valence-electron chi connectivity index (χ4n) is 2.25. The molecule has 0 saturated heterocycles. The van der Waals surface area contributed by atoms with Gasteiger partial charge < -0.3 is 5.32 Å². The SMILES string of the molecule is Ic1ccc(CNCc2ccnc3ccccc23)cc1. The second kappa shape index (κ2) is 6.33. The number of aromatic nitrogens is 1. The average molecular weight is 374 g/mol. The summed E-state index contributed by atoms with van der Waals surface area (Å²) in [5, 5.41) is 4.73. The molecule has 3 rings (SSSR count). The smallest absolute Gasteiger partial charge is 0.0705 e. The molecule has 0 aliphatic heterocycles. The number of nitrogens with one attached hydrogen (secondary N) is 1. The van der Waals surface area contributed by atoms with E-state index >= 15 is 0 Å². The second-order valence-corrected chi connectivity index (χ2v) is 5.96. The molecule has 100 valence electrons. The highest BCUT2D eigenvalue weighted by molar-refractivity contribution is 14.1. The Hall–Kier alpha value is -1.46. The molecule has 2 aromatic carbocycles. The summed E-state index contributed by atoms with van der Waals surface area (Å²) in [4.78, 5) is 4.39. The number of pyridine rings is 1. The van der Waals surface area contributed by atoms with Gasteiger partial charge in [-0.1, -0.05) is 30.3 Å². The van der Waals surface area contributed by atoms with E-state index in [-0.39, 0.29) is 0 Å². The minimum absolute atomic E-state index is 0.856. The van der Waals surface area contributed by atoms with E-state index in [0.29, 0.717) is 0 Å². The Morgan fingerprint density at radius 3 is 2.55 bits per heavy atom. The van der Waals surface area contributed by atoms with Crippen LogP contribution in [0, 0.1) is 3.57 Å². The van der Waals surface area contributed by atoms with Gasteiger partial charge in [0.15, 0.2) is 0 Å². The molecule has 0 fully saturated rings. The number of hydrogen-bond donors (Lipinski definition) is 1. The lowest BCUT2D eigenvalue weighted by molar-refractivity contribution is 0.696. The Bertz CT molecular complexity index is 702. The number of para-hydroxylation sites is 1. The van der Waals surface area contributed by atoms with Gasteiger partial charge in [-0.15, -0.1) is 0 Å². The number of halogens is 1. The molecular formula is C17H15IN2. The zero-order chi connectivity index (χ0) is 13.8. The number of nitrogens with zero attached hydrogens (tertiary/aromatic N) is 1. The van der Waals surface area contributed by atoms with Crippen LogP contribution in [0.3, 0.4) is 0 Å². The van der Waals surface area contributed by atoms with Gasteiger partial charge in [0.1, 0.15) is 0 Å². The first-order valence-corrected chi connectivity index (χ1v) is 7.68. The van der Waals surface area contributed by atoms with Gasteiger partial charge in [-0.3, -0.25) is 4.98 Å². The van der Waals surface area contributed by atoms with Crippen LogP contribution in [0.5, 0.6) is 0 Å². The summed E-state index contributed by atoms with van der Waals surface area (Å²) >= 11 is 2.33. The Kier molecular flexibility index (Phi) is 4.28. The lowest BCUT2D eigenvalue weighted by Gasteiger charge is -2.08. The number of benzene rings is 2. The summed E-state index contributed by atoms with van der Waals surface area (Å²) in [5.41, 5.74) is 3.66. The predicted molar refractivity (Wildman–Crippen MR) is 91.4 cm³/mol. The minimum Gasteiger partial charge on any atom is -0.309 e. The van der Waals surface area contributed by atoms with Gasteiger partial charge in [0.05, 0.1) is 5.52 Å². The van der Waals surface area contributed by atoms with Crippen LogP contribution in [0.4, 0.5) is 0 Å². The van der Waals surface area contributed by atoms with Crippen molar-refractivity contribution in [3.63, 3.8) is 0 Å². The zero-order valence-electron chi connectivity index (χ0n) is 11.0. The fraction of sp³-hybridized carbons (Fsp3) is 0.118. The van der Waals surface area contributed by atoms with Crippen LogP contribution < -0.4 is 5.32 Å². The Morgan fingerprint density at radius 1 is 0.900 bits per heavy atom. The van der Waals surface area contributed by atoms with Crippen molar-refractivity contribution in [3.8, 4) is 0 Å². The molecule has 1 aromatic heterocycles. The highest BCUT2D eigenvalue weighted by Crippen LogP contribution is 2.16. The van der Waals surface area contributed by atoms with Crippen molar-refractivity contribution in [1.29, 1.82) is 0 Å². The standard InChI is InChI=1S/C17H15IN2/c18-15-7-5-13(6-8-15)11-19-12-14-9-10-20-17-4-2-1-3-16(14)17/h1-10,19H,11-12H2.